The van der Waals surface area contributed by atoms with Crippen molar-refractivity contribution in [3.05, 3.63) is 135 Å². The smallest absolute Gasteiger partial charge is 0.335 e. The molecule has 13 heteroatoms. The fraction of sp³-hybridized carbons (Fsp3) is 0.176. The minimum Gasteiger partial charge on any atom is -0.478 e. The molecule has 6 rings (SSSR count). The van der Waals surface area contributed by atoms with E-state index in [0.717, 1.165) is 27.8 Å². The zero-order valence-electron chi connectivity index (χ0n) is 24.8. The summed E-state index contributed by atoms with van der Waals surface area (Å²) in [4.78, 5) is 56.3. The van der Waals surface area contributed by atoms with Crippen LogP contribution in [0.25, 0.3) is 5.65 Å². The van der Waals surface area contributed by atoms with Gasteiger partial charge in [0, 0.05) is 19.0 Å². The lowest BCUT2D eigenvalue weighted by molar-refractivity contribution is 0.0695. The average molecular weight is 642 g/mol. The number of benzene rings is 3. The van der Waals surface area contributed by atoms with Crippen molar-refractivity contribution in [3.63, 3.8) is 0 Å². The highest BCUT2D eigenvalue weighted by Gasteiger charge is 2.30. The van der Waals surface area contributed by atoms with E-state index in [9.17, 15) is 37.5 Å². The van der Waals surface area contributed by atoms with Crippen LogP contribution in [0.5, 0.6) is 0 Å². The van der Waals surface area contributed by atoms with Crippen LogP contribution in [0.3, 0.4) is 0 Å². The third-order valence-corrected chi connectivity index (χ3v) is 8.21. The molecule has 0 saturated carbocycles. The number of carbonyl (C=O) groups excluding carboxylic acids is 3. The molecule has 2 amide bonds. The van der Waals surface area contributed by atoms with E-state index in [2.05, 4.69) is 20.7 Å². The predicted octanol–water partition coefficient (Wildman–Crippen LogP) is 4.93. The number of Topliss-reactive ketones (excluding diaryl/α,β-unsaturated/α-hetero) is 1. The molecule has 0 aliphatic heterocycles. The number of ketones is 1. The topological polar surface area (TPSA) is 143 Å². The number of carboxylic acids is 1. The third kappa shape index (κ3) is 6.07. The highest BCUT2D eigenvalue weighted by atomic mass is 19.2. The standard InChI is InChI=1S/C34H26F3N5O5/c1-17-20-9-11-27(22(20)8-7-21(17)34(46)47)41-33(45)29-14-28(32(44)38-15-18-6-10-25(36)26(37)12-18)40-31-23(16-39-42(29)31)30(43)13-19-4-2-3-5-24(19)35/h2-8,10,12,14,16,27H,9,11,13,15H2,1H3,(H,38,44)(H,41,45)(H,46,47)/t27-/m0/s1. The monoisotopic (exact) mass is 641 g/mol. The molecule has 3 aromatic carbocycles. The van der Waals surface area contributed by atoms with Crippen LogP contribution in [-0.4, -0.2) is 43.3 Å². The number of nitrogens with zero attached hydrogens (tertiary/aromatic N) is 3. The van der Waals surface area contributed by atoms with Crippen LogP contribution in [-0.2, 0) is 19.4 Å². The third-order valence-electron chi connectivity index (χ3n) is 8.21. The summed E-state index contributed by atoms with van der Waals surface area (Å²) in [5.74, 6) is -5.74. The summed E-state index contributed by atoms with van der Waals surface area (Å²) in [6.45, 7) is 1.52. The summed E-state index contributed by atoms with van der Waals surface area (Å²) >= 11 is 0. The average Bonchev–Trinajstić information content (AvgIpc) is 3.67. The minimum absolute atomic E-state index is 0.0550. The number of amides is 2. The summed E-state index contributed by atoms with van der Waals surface area (Å²) in [6.07, 6.45) is 1.88. The Hall–Kier alpha value is -5.85. The van der Waals surface area contributed by atoms with Crippen molar-refractivity contribution < 1.29 is 37.5 Å². The molecule has 5 aromatic rings. The van der Waals surface area contributed by atoms with E-state index in [1.807, 2.05) is 0 Å². The maximum absolute atomic E-state index is 14.3. The van der Waals surface area contributed by atoms with E-state index in [1.165, 1.54) is 42.6 Å². The van der Waals surface area contributed by atoms with Crippen molar-refractivity contribution in [3.8, 4) is 0 Å². The molecule has 0 fully saturated rings. The second-order valence-corrected chi connectivity index (χ2v) is 11.1. The molecule has 2 heterocycles. The van der Waals surface area contributed by atoms with Crippen molar-refractivity contribution >= 4 is 29.2 Å². The van der Waals surface area contributed by atoms with E-state index in [0.29, 0.717) is 18.4 Å². The number of halogens is 3. The molecule has 0 unspecified atom stereocenters. The normalized spacial score (nSPS) is 13.7. The van der Waals surface area contributed by atoms with Crippen LogP contribution >= 0.6 is 0 Å². The number of rotatable bonds is 9. The number of fused-ring (bicyclic) bond motifs is 2. The molecule has 10 nitrogen and oxygen atoms in total. The molecule has 0 saturated heterocycles. The first kappa shape index (κ1) is 31.1. The number of carbonyl (C=O) groups is 4. The lowest BCUT2D eigenvalue weighted by Crippen LogP contribution is -2.31. The van der Waals surface area contributed by atoms with Crippen LogP contribution < -0.4 is 10.6 Å². The van der Waals surface area contributed by atoms with Gasteiger partial charge in [-0.3, -0.25) is 14.4 Å². The molecule has 0 radical (unpaired) electrons. The molecule has 0 bridgehead atoms. The molecule has 2 aromatic heterocycles. The van der Waals surface area contributed by atoms with Crippen molar-refractivity contribution in [1.82, 2.24) is 25.2 Å². The van der Waals surface area contributed by atoms with Crippen molar-refractivity contribution in [1.29, 1.82) is 0 Å². The lowest BCUT2D eigenvalue weighted by Gasteiger charge is -2.16. The summed E-state index contributed by atoms with van der Waals surface area (Å²) in [5.41, 5.74) is 2.21. The Balaban J connectivity index is 1.34. The van der Waals surface area contributed by atoms with Crippen molar-refractivity contribution in [2.24, 2.45) is 0 Å². The Kier molecular flexibility index (Phi) is 8.29. The maximum Gasteiger partial charge on any atom is 0.335 e. The molecule has 1 atom stereocenters. The van der Waals surface area contributed by atoms with Gasteiger partial charge in [0.15, 0.2) is 23.1 Å². The van der Waals surface area contributed by atoms with Gasteiger partial charge >= 0.3 is 5.97 Å². The highest BCUT2D eigenvalue weighted by molar-refractivity contribution is 6.04. The molecule has 3 N–H and O–H groups in total. The van der Waals surface area contributed by atoms with Gasteiger partial charge in [-0.05, 0) is 71.8 Å². The van der Waals surface area contributed by atoms with Gasteiger partial charge in [-0.25, -0.2) is 27.5 Å². The van der Waals surface area contributed by atoms with Gasteiger partial charge in [-0.1, -0.05) is 30.3 Å². The largest absolute Gasteiger partial charge is 0.478 e. The molecule has 238 valence electrons. The van der Waals surface area contributed by atoms with Crippen LogP contribution in [0.15, 0.2) is 66.9 Å². The molecule has 0 spiro atoms. The van der Waals surface area contributed by atoms with E-state index in [1.54, 1.807) is 19.1 Å². The van der Waals surface area contributed by atoms with E-state index in [4.69, 9.17) is 0 Å². The molecule has 47 heavy (non-hydrogen) atoms. The first-order chi connectivity index (χ1) is 22.5. The zero-order chi connectivity index (χ0) is 33.4. The van der Waals surface area contributed by atoms with Crippen LogP contribution in [0.2, 0.25) is 0 Å². The van der Waals surface area contributed by atoms with Crippen molar-refractivity contribution in [2.75, 3.05) is 0 Å². The zero-order valence-corrected chi connectivity index (χ0v) is 24.8. The van der Waals surface area contributed by atoms with Gasteiger partial charge in [0.25, 0.3) is 11.8 Å². The summed E-state index contributed by atoms with van der Waals surface area (Å²) in [5, 5.41) is 19.2. The fourth-order valence-electron chi connectivity index (χ4n) is 5.76. The van der Waals surface area contributed by atoms with Gasteiger partial charge in [0.2, 0.25) is 0 Å². The Labute approximate surface area is 265 Å². The first-order valence-corrected chi connectivity index (χ1v) is 14.6. The summed E-state index contributed by atoms with van der Waals surface area (Å²) < 4.78 is 42.5. The Morgan fingerprint density at radius 1 is 0.936 bits per heavy atom. The Bertz CT molecular complexity index is 2110. The number of aromatic nitrogens is 3. The summed E-state index contributed by atoms with van der Waals surface area (Å²) in [6, 6.07) is 12.8. The molecular formula is C34H26F3N5O5. The molecular weight excluding hydrogens is 615 g/mol. The first-order valence-electron chi connectivity index (χ1n) is 14.6. The number of nitrogens with one attached hydrogen (secondary N) is 2. The Morgan fingerprint density at radius 3 is 2.47 bits per heavy atom. The lowest BCUT2D eigenvalue weighted by atomic mass is 9.98. The van der Waals surface area contributed by atoms with Gasteiger partial charge in [-0.15, -0.1) is 0 Å². The Morgan fingerprint density at radius 2 is 1.72 bits per heavy atom. The number of hydrogen-bond donors (Lipinski definition) is 3. The SMILES string of the molecule is Cc1c(C(=O)O)ccc2c1CC[C@@H]2NC(=O)c1cc(C(=O)NCc2ccc(F)c(F)c2)nc2c(C(=O)Cc3ccccc3F)cnn12. The minimum atomic E-state index is -1.09. The van der Waals surface area contributed by atoms with Crippen LogP contribution in [0, 0.1) is 24.4 Å². The number of carboxylic acid groups (broad SMARTS) is 1. The highest BCUT2D eigenvalue weighted by Crippen LogP contribution is 2.35. The van der Waals surface area contributed by atoms with E-state index >= 15 is 0 Å². The second kappa shape index (κ2) is 12.5. The second-order valence-electron chi connectivity index (χ2n) is 11.1. The summed E-state index contributed by atoms with van der Waals surface area (Å²) in [7, 11) is 0. The maximum atomic E-state index is 14.3. The quantitative estimate of drug-likeness (QED) is 0.194. The van der Waals surface area contributed by atoms with E-state index < -0.39 is 47.1 Å². The number of aromatic carboxylic acids is 1. The van der Waals surface area contributed by atoms with Crippen LogP contribution in [0.1, 0.15) is 82.0 Å². The molecule has 1 aliphatic rings. The van der Waals surface area contributed by atoms with Gasteiger partial charge < -0.3 is 15.7 Å². The predicted molar refractivity (Wildman–Crippen MR) is 162 cm³/mol. The van der Waals surface area contributed by atoms with Crippen molar-refractivity contribution in [2.45, 2.75) is 38.8 Å². The van der Waals surface area contributed by atoms with Gasteiger partial charge in [-0.2, -0.15) is 5.10 Å². The fourth-order valence-corrected chi connectivity index (χ4v) is 5.76. The molecule has 1 aliphatic carbocycles. The van der Waals surface area contributed by atoms with E-state index in [-0.39, 0.29) is 52.3 Å². The van der Waals surface area contributed by atoms with Gasteiger partial charge in [0.05, 0.1) is 23.4 Å². The van der Waals surface area contributed by atoms with Gasteiger partial charge in [0.1, 0.15) is 17.2 Å². The van der Waals surface area contributed by atoms with Crippen LogP contribution in [0.4, 0.5) is 13.2 Å². The number of hydrogen-bond acceptors (Lipinski definition) is 6.